The Kier molecular flexibility index (Phi) is 10.2. The summed E-state index contributed by atoms with van der Waals surface area (Å²) in [5.74, 6) is 0. The quantitative estimate of drug-likeness (QED) is 0.307. The molecule has 2 aromatic carbocycles. The van der Waals surface area contributed by atoms with Crippen molar-refractivity contribution >= 4 is 42.9 Å². The van der Waals surface area contributed by atoms with Gasteiger partial charge in [-0.1, -0.05) is 168 Å². The molecule has 0 aliphatic rings. The van der Waals surface area contributed by atoms with Crippen molar-refractivity contribution in [3.05, 3.63) is 57.6 Å². The van der Waals surface area contributed by atoms with Gasteiger partial charge in [-0.25, -0.2) is 0 Å². The third-order valence-corrected chi connectivity index (χ3v) is 11.9. The van der Waals surface area contributed by atoms with Crippen molar-refractivity contribution in [1.29, 1.82) is 0 Å². The average Bonchev–Trinajstić information content (AvgIpc) is 2.72. The van der Waals surface area contributed by atoms with Gasteiger partial charge in [-0.15, -0.1) is 0 Å². The van der Waals surface area contributed by atoms with Crippen molar-refractivity contribution in [3.63, 3.8) is 0 Å². The van der Waals surface area contributed by atoms with Crippen LogP contribution in [0.3, 0.4) is 0 Å². The van der Waals surface area contributed by atoms with Gasteiger partial charge in [0.15, 0.2) is 0 Å². The molecule has 0 saturated heterocycles. The molecule has 2 rings (SSSR count). The van der Waals surface area contributed by atoms with E-state index in [0.717, 1.165) is 0 Å². The number of benzene rings is 2. The minimum Gasteiger partial charge on any atom is -0.0861 e. The van der Waals surface area contributed by atoms with E-state index in [2.05, 4.69) is 154 Å². The third-order valence-electron chi connectivity index (χ3n) is 7.69. The molecule has 0 aliphatic carbocycles. The van der Waals surface area contributed by atoms with Gasteiger partial charge in [0, 0.05) is 10.6 Å². The topological polar surface area (TPSA) is 0 Å². The van der Waals surface area contributed by atoms with Gasteiger partial charge in [0.05, 0.1) is 7.27 Å². The van der Waals surface area contributed by atoms with E-state index in [-0.39, 0.29) is 32.5 Å². The Morgan fingerprint density at radius 3 is 1.00 bits per heavy atom. The lowest BCUT2D eigenvalue weighted by atomic mass is 9.75. The summed E-state index contributed by atoms with van der Waals surface area (Å²) >= 11 is 7.58. The molecule has 0 aliphatic heterocycles. The molecular weight excluding hydrogens is 542 g/mol. The first-order valence-electron chi connectivity index (χ1n) is 14.9. The van der Waals surface area contributed by atoms with E-state index < -0.39 is 7.27 Å². The molecule has 40 heavy (non-hydrogen) atoms. The highest BCUT2D eigenvalue weighted by molar-refractivity contribution is 8.05. The minimum absolute atomic E-state index is 0.00169. The number of halogens is 1. The van der Waals surface area contributed by atoms with Crippen LogP contribution in [0.4, 0.5) is 0 Å². The first kappa shape index (κ1) is 35.5. The van der Waals surface area contributed by atoms with Gasteiger partial charge in [-0.05, 0) is 71.4 Å². The van der Waals surface area contributed by atoms with Gasteiger partial charge in [0.25, 0.3) is 0 Å². The summed E-state index contributed by atoms with van der Waals surface area (Å²) in [5.41, 5.74) is 11.1. The van der Waals surface area contributed by atoms with Crippen LogP contribution in [-0.2, 0) is 32.5 Å². The average molecular weight is 601 g/mol. The van der Waals surface area contributed by atoms with Crippen molar-refractivity contribution < 1.29 is 0 Å². The van der Waals surface area contributed by atoms with E-state index in [1.165, 1.54) is 52.2 Å². The molecule has 0 N–H and O–H groups in total. The maximum absolute atomic E-state index is 7.58. The van der Waals surface area contributed by atoms with Crippen LogP contribution in [0, 0.1) is 0 Å². The summed E-state index contributed by atoms with van der Waals surface area (Å²) < 4.78 is 0. The Labute approximate surface area is 256 Å². The molecule has 0 radical (unpaired) electrons. The summed E-state index contributed by atoms with van der Waals surface area (Å²) in [6.45, 7) is 42.1. The van der Waals surface area contributed by atoms with Crippen molar-refractivity contribution in [2.45, 2.75) is 157 Å². The van der Waals surface area contributed by atoms with Crippen LogP contribution < -0.4 is 10.6 Å². The molecule has 1 unspecified atom stereocenters. The fourth-order valence-corrected chi connectivity index (χ4v) is 9.56. The van der Waals surface area contributed by atoms with Gasteiger partial charge < -0.3 is 0 Å². The van der Waals surface area contributed by atoms with Crippen molar-refractivity contribution in [2.75, 3.05) is 0 Å². The molecule has 0 saturated carbocycles. The van der Waals surface area contributed by atoms with Gasteiger partial charge in [-0.2, -0.15) is 0 Å². The highest BCUT2D eigenvalue weighted by Gasteiger charge is 2.32. The summed E-state index contributed by atoms with van der Waals surface area (Å²) in [7, 11) is 0.202. The predicted octanol–water partition coefficient (Wildman–Crippen LogP) is 11.8. The molecule has 0 fully saturated rings. The maximum atomic E-state index is 7.58. The summed E-state index contributed by atoms with van der Waals surface area (Å²) in [6.07, 6.45) is 0. The normalized spacial score (nSPS) is 15.2. The zero-order valence-corrected chi connectivity index (χ0v) is 31.7. The van der Waals surface area contributed by atoms with E-state index in [4.69, 9.17) is 11.2 Å². The predicted molar refractivity (Wildman–Crippen MR) is 190 cm³/mol. The van der Waals surface area contributed by atoms with Crippen LogP contribution >= 0.6 is 26.7 Å². The van der Waals surface area contributed by atoms with Gasteiger partial charge in [0.2, 0.25) is 0 Å². The Morgan fingerprint density at radius 2 is 0.750 bits per heavy atom. The highest BCUT2D eigenvalue weighted by Crippen LogP contribution is 2.47. The largest absolute Gasteiger partial charge is 0.0861 e. The van der Waals surface area contributed by atoms with Gasteiger partial charge in [0.1, 0.15) is 0 Å². The molecule has 0 bridgehead atoms. The molecule has 0 aromatic heterocycles. The van der Waals surface area contributed by atoms with Gasteiger partial charge in [-0.3, -0.25) is 0 Å². The molecular formula is C37H59ClP2. The fraction of sp³-hybridized carbons (Fsp3) is 0.649. The van der Waals surface area contributed by atoms with E-state index in [9.17, 15) is 0 Å². The van der Waals surface area contributed by atoms with Crippen molar-refractivity contribution in [2.24, 2.45) is 0 Å². The number of rotatable bonds is 3. The monoisotopic (exact) mass is 600 g/mol. The second kappa shape index (κ2) is 11.4. The molecule has 0 heterocycles. The molecule has 2 aromatic rings. The highest BCUT2D eigenvalue weighted by atomic mass is 35.7. The first-order chi connectivity index (χ1) is 17.6. The minimum atomic E-state index is -1.01. The molecule has 224 valence electrons. The lowest BCUT2D eigenvalue weighted by molar-refractivity contribution is 0.553. The zero-order chi connectivity index (χ0) is 31.4. The van der Waals surface area contributed by atoms with Crippen LogP contribution in [0.15, 0.2) is 24.3 Å². The van der Waals surface area contributed by atoms with Crippen LogP contribution in [0.1, 0.15) is 158 Å². The second-order valence-electron chi connectivity index (χ2n) is 17.9. The molecule has 1 atom stereocenters. The summed E-state index contributed by atoms with van der Waals surface area (Å²) in [5, 5.41) is 2.79. The smallest absolute Gasteiger partial charge is 0.0502 e. The Balaban J connectivity index is 2.95. The number of hydrogen-bond donors (Lipinski definition) is 0. The SMILES string of the molecule is CC(C)(C)c1cc(C(C)(C)C)c(P=CP(Cl)c2c(C(C)(C)C)cc(C(C)(C)C)cc2C(C)(C)C)c(C(C)(C)C)c1. The summed E-state index contributed by atoms with van der Waals surface area (Å²) in [6, 6.07) is 9.85. The molecule has 0 nitrogen and oxygen atoms in total. The maximum Gasteiger partial charge on any atom is 0.0502 e. The lowest BCUT2D eigenvalue weighted by Gasteiger charge is -2.34. The summed E-state index contributed by atoms with van der Waals surface area (Å²) in [4.78, 5) is 0. The Morgan fingerprint density at radius 1 is 0.475 bits per heavy atom. The Bertz CT molecular complexity index is 1170. The van der Waals surface area contributed by atoms with E-state index in [0.29, 0.717) is 0 Å². The molecule has 0 amide bonds. The first-order valence-corrected chi connectivity index (χ1v) is 18.2. The second-order valence-corrected chi connectivity index (χ2v) is 21.7. The lowest BCUT2D eigenvalue weighted by Crippen LogP contribution is -2.31. The van der Waals surface area contributed by atoms with E-state index in [1.807, 2.05) is 0 Å². The Hall–Kier alpha value is -0.670. The van der Waals surface area contributed by atoms with Crippen molar-refractivity contribution in [1.82, 2.24) is 0 Å². The molecule has 3 heteroatoms. The van der Waals surface area contributed by atoms with Crippen molar-refractivity contribution in [3.8, 4) is 0 Å². The van der Waals surface area contributed by atoms with Gasteiger partial charge >= 0.3 is 0 Å². The molecule has 0 spiro atoms. The number of hydrogen-bond acceptors (Lipinski definition) is 0. The van der Waals surface area contributed by atoms with Crippen LogP contribution in [-0.4, -0.2) is 5.54 Å². The van der Waals surface area contributed by atoms with E-state index >= 15 is 0 Å². The van der Waals surface area contributed by atoms with E-state index in [1.54, 1.807) is 0 Å². The third kappa shape index (κ3) is 8.46. The zero-order valence-electron chi connectivity index (χ0n) is 29.2. The standard InChI is InChI=1S/C37H59ClP2/c1-32(2,3)24-19-26(34(7,8)9)30(27(20-24)35(10,11)12)39-23-40(38)31-28(36(13,14)15)21-25(33(4,5)6)22-29(31)37(16,17)18/h19-23H,1-18H3. The van der Waals surface area contributed by atoms with Crippen LogP contribution in [0.25, 0.3) is 0 Å². The fourth-order valence-electron chi connectivity index (χ4n) is 4.96. The van der Waals surface area contributed by atoms with Crippen LogP contribution in [0.5, 0.6) is 0 Å². The van der Waals surface area contributed by atoms with Crippen LogP contribution in [0.2, 0.25) is 0 Å².